The lowest BCUT2D eigenvalue weighted by molar-refractivity contribution is 0.482. The molecule has 0 aliphatic carbocycles. The first-order valence-corrected chi connectivity index (χ1v) is 6.60. The summed E-state index contributed by atoms with van der Waals surface area (Å²) in [4.78, 5) is 11.4. The minimum atomic E-state index is -4.39. The molecule has 0 saturated carbocycles. The molecule has 0 fully saturated rings. The van der Waals surface area contributed by atoms with Crippen LogP contribution in [0.2, 0.25) is 0 Å². The van der Waals surface area contributed by atoms with E-state index in [1.807, 2.05) is 0 Å². The average Bonchev–Trinajstić information content (AvgIpc) is 2.56. The van der Waals surface area contributed by atoms with Crippen molar-refractivity contribution in [1.29, 1.82) is 0 Å². The number of H-pyrrole nitrogens is 1. The van der Waals surface area contributed by atoms with E-state index in [0.717, 1.165) is 4.68 Å². The van der Waals surface area contributed by atoms with Gasteiger partial charge >= 0.3 is 0 Å². The fourth-order valence-corrected chi connectivity index (χ4v) is 2.46. The van der Waals surface area contributed by atoms with Crippen LogP contribution < -0.4 is 5.56 Å². The Hall–Kier alpha value is -1.86. The van der Waals surface area contributed by atoms with Crippen molar-refractivity contribution < 1.29 is 13.0 Å². The number of hydrogen-bond donors (Lipinski definition) is 2. The van der Waals surface area contributed by atoms with Crippen LogP contribution in [0.5, 0.6) is 0 Å². The van der Waals surface area contributed by atoms with Gasteiger partial charge in [-0.05, 0) is 31.5 Å². The van der Waals surface area contributed by atoms with E-state index in [1.165, 1.54) is 18.2 Å². The number of benzene rings is 1. The molecule has 2 N–H and O–H groups in total. The summed E-state index contributed by atoms with van der Waals surface area (Å²) in [6.07, 6.45) is 0. The molecule has 0 spiro atoms. The number of aromatic nitrogens is 2. The molecule has 1 heterocycles. The summed E-state index contributed by atoms with van der Waals surface area (Å²) in [5.74, 6) is 0. The zero-order valence-corrected chi connectivity index (χ0v) is 10.7. The van der Waals surface area contributed by atoms with Gasteiger partial charge in [0.25, 0.3) is 15.7 Å². The fraction of sp³-hybridized carbons (Fsp3) is 0.182. The van der Waals surface area contributed by atoms with Crippen molar-refractivity contribution in [3.05, 3.63) is 45.9 Å². The van der Waals surface area contributed by atoms with Crippen molar-refractivity contribution >= 4 is 10.1 Å². The van der Waals surface area contributed by atoms with Crippen LogP contribution in [0.3, 0.4) is 0 Å². The van der Waals surface area contributed by atoms with Crippen molar-refractivity contribution in [2.75, 3.05) is 0 Å². The molecule has 0 atom stereocenters. The van der Waals surface area contributed by atoms with E-state index < -0.39 is 10.1 Å². The molecule has 6 nitrogen and oxygen atoms in total. The van der Waals surface area contributed by atoms with Gasteiger partial charge in [0.1, 0.15) is 4.90 Å². The van der Waals surface area contributed by atoms with Crippen molar-refractivity contribution in [2.45, 2.75) is 18.7 Å². The van der Waals surface area contributed by atoms with Crippen LogP contribution in [0, 0.1) is 13.8 Å². The van der Waals surface area contributed by atoms with Gasteiger partial charge in [-0.25, -0.2) is 4.68 Å². The Bertz CT molecular complexity index is 756. The van der Waals surface area contributed by atoms with Gasteiger partial charge in [0.2, 0.25) is 0 Å². The van der Waals surface area contributed by atoms with Crippen LogP contribution in [0.4, 0.5) is 0 Å². The first-order chi connectivity index (χ1) is 8.29. The van der Waals surface area contributed by atoms with Crippen molar-refractivity contribution in [3.8, 4) is 5.69 Å². The smallest absolute Gasteiger partial charge is 0.295 e. The van der Waals surface area contributed by atoms with Gasteiger partial charge in [0.15, 0.2) is 0 Å². The van der Waals surface area contributed by atoms with E-state index >= 15 is 0 Å². The lowest BCUT2D eigenvalue weighted by Crippen LogP contribution is -2.17. The topological polar surface area (TPSA) is 92.2 Å². The third-order valence-corrected chi connectivity index (χ3v) is 3.37. The van der Waals surface area contributed by atoms with Crippen LogP contribution in [0.25, 0.3) is 5.69 Å². The van der Waals surface area contributed by atoms with Gasteiger partial charge < -0.3 is 0 Å². The Kier molecular flexibility index (Phi) is 2.88. The molecule has 0 aliphatic heterocycles. The van der Waals surface area contributed by atoms with E-state index in [4.69, 9.17) is 0 Å². The third kappa shape index (κ3) is 2.22. The maximum absolute atomic E-state index is 11.7. The molecule has 0 radical (unpaired) electrons. The Morgan fingerprint density at radius 3 is 2.39 bits per heavy atom. The second kappa shape index (κ2) is 4.11. The largest absolute Gasteiger partial charge is 0.296 e. The summed E-state index contributed by atoms with van der Waals surface area (Å²) in [7, 11) is -4.39. The Labute approximate surface area is 104 Å². The molecular weight excluding hydrogens is 256 g/mol. The zero-order chi connectivity index (χ0) is 13.5. The minimum Gasteiger partial charge on any atom is -0.295 e. The molecular formula is C11H12N2O4S. The van der Waals surface area contributed by atoms with Gasteiger partial charge in [-0.2, -0.15) is 8.42 Å². The monoisotopic (exact) mass is 268 g/mol. The number of rotatable bonds is 2. The third-order valence-electron chi connectivity index (χ3n) is 2.48. The molecule has 1 aromatic heterocycles. The van der Waals surface area contributed by atoms with Crippen LogP contribution in [-0.4, -0.2) is 22.8 Å². The number of nitrogens with one attached hydrogen (secondary N) is 1. The van der Waals surface area contributed by atoms with Crippen LogP contribution in [-0.2, 0) is 10.1 Å². The first-order valence-electron chi connectivity index (χ1n) is 5.16. The highest BCUT2D eigenvalue weighted by atomic mass is 32.2. The van der Waals surface area contributed by atoms with Crippen LogP contribution in [0.15, 0.2) is 34.0 Å². The van der Waals surface area contributed by atoms with Crippen LogP contribution in [0.1, 0.15) is 11.3 Å². The van der Waals surface area contributed by atoms with Gasteiger partial charge in [0, 0.05) is 11.8 Å². The molecule has 0 saturated heterocycles. The molecule has 0 amide bonds. The fourth-order valence-electron chi connectivity index (χ4n) is 1.71. The van der Waals surface area contributed by atoms with Crippen molar-refractivity contribution in [1.82, 2.24) is 9.78 Å². The lowest BCUT2D eigenvalue weighted by Gasteiger charge is -2.08. The van der Waals surface area contributed by atoms with Gasteiger partial charge in [-0.3, -0.25) is 14.4 Å². The van der Waals surface area contributed by atoms with E-state index in [0.29, 0.717) is 11.3 Å². The highest BCUT2D eigenvalue weighted by Gasteiger charge is 2.18. The summed E-state index contributed by atoms with van der Waals surface area (Å²) in [5.41, 5.74) is 0.979. The van der Waals surface area contributed by atoms with Gasteiger partial charge in [0.05, 0.1) is 5.69 Å². The van der Waals surface area contributed by atoms with E-state index in [1.54, 1.807) is 19.9 Å². The highest BCUT2D eigenvalue weighted by molar-refractivity contribution is 7.86. The molecule has 0 unspecified atom stereocenters. The molecule has 18 heavy (non-hydrogen) atoms. The second-order valence-electron chi connectivity index (χ2n) is 4.06. The highest BCUT2D eigenvalue weighted by Crippen LogP contribution is 2.19. The summed E-state index contributed by atoms with van der Waals surface area (Å²) >= 11 is 0. The molecule has 2 aromatic rings. The predicted octanol–water partition coefficient (Wildman–Crippen LogP) is 1.03. The average molecular weight is 268 g/mol. The first kappa shape index (κ1) is 12.6. The summed E-state index contributed by atoms with van der Waals surface area (Å²) < 4.78 is 32.9. The minimum absolute atomic E-state index is 0.0983. The van der Waals surface area contributed by atoms with Crippen molar-refractivity contribution in [2.24, 2.45) is 0 Å². The van der Waals surface area contributed by atoms with E-state index in [-0.39, 0.29) is 16.1 Å². The Balaban J connectivity index is 2.80. The maximum Gasteiger partial charge on any atom is 0.296 e. The Morgan fingerprint density at radius 1 is 1.22 bits per heavy atom. The van der Waals surface area contributed by atoms with Gasteiger partial charge in [-0.1, -0.05) is 6.07 Å². The molecule has 1 aromatic carbocycles. The van der Waals surface area contributed by atoms with Crippen molar-refractivity contribution in [3.63, 3.8) is 0 Å². The quantitative estimate of drug-likeness (QED) is 0.796. The molecule has 96 valence electrons. The molecule has 0 bridgehead atoms. The number of hydrogen-bond acceptors (Lipinski definition) is 3. The number of aryl methyl sites for hydroxylation is 2. The lowest BCUT2D eigenvalue weighted by atomic mass is 10.2. The maximum atomic E-state index is 11.7. The predicted molar refractivity (Wildman–Crippen MR) is 65.7 cm³/mol. The zero-order valence-electron chi connectivity index (χ0n) is 9.84. The molecule has 2 rings (SSSR count). The van der Waals surface area contributed by atoms with E-state index in [2.05, 4.69) is 5.10 Å². The molecule has 0 aliphatic rings. The summed E-state index contributed by atoms with van der Waals surface area (Å²) in [6.45, 7) is 3.38. The standard InChI is InChI=1S/C11H12N2O4S/c1-7-3-4-9(10(5-7)18(15,16)17)13-11(14)6-8(2)12-13/h3-6,12H,1-2H3,(H,15,16,17). The normalized spacial score (nSPS) is 11.7. The Morgan fingerprint density at radius 2 is 1.89 bits per heavy atom. The molecule has 7 heteroatoms. The van der Waals surface area contributed by atoms with Crippen LogP contribution >= 0.6 is 0 Å². The second-order valence-corrected chi connectivity index (χ2v) is 5.45. The number of nitrogens with zero attached hydrogens (tertiary/aromatic N) is 1. The number of aromatic amines is 1. The summed E-state index contributed by atoms with van der Waals surface area (Å²) in [6, 6.07) is 5.78. The SMILES string of the molecule is Cc1ccc(-n2[nH]c(C)cc2=O)c(S(=O)(=O)O)c1. The van der Waals surface area contributed by atoms with E-state index in [9.17, 15) is 17.8 Å². The summed E-state index contributed by atoms with van der Waals surface area (Å²) in [5, 5.41) is 2.72. The van der Waals surface area contributed by atoms with Gasteiger partial charge in [-0.15, -0.1) is 0 Å².